The van der Waals surface area contributed by atoms with E-state index in [0.717, 1.165) is 5.56 Å². The lowest BCUT2D eigenvalue weighted by Gasteiger charge is -2.12. The molecule has 0 aliphatic rings. The summed E-state index contributed by atoms with van der Waals surface area (Å²) in [7, 11) is 0. The van der Waals surface area contributed by atoms with Crippen LogP contribution in [0.5, 0.6) is 0 Å². The van der Waals surface area contributed by atoms with E-state index in [4.69, 9.17) is 17.4 Å². The molecule has 0 bridgehead atoms. The van der Waals surface area contributed by atoms with E-state index < -0.39 is 5.82 Å². The Morgan fingerprint density at radius 2 is 2.35 bits per heavy atom. The molecule has 1 aromatic heterocycles. The zero-order valence-electron chi connectivity index (χ0n) is 8.82. The molecule has 7 heteroatoms. The number of nitrogens with zero attached hydrogens (tertiary/aromatic N) is 2. The van der Waals surface area contributed by atoms with Crippen LogP contribution in [0.4, 0.5) is 4.39 Å². The Hall–Kier alpha value is -1.50. The van der Waals surface area contributed by atoms with Crippen molar-refractivity contribution >= 4 is 11.6 Å². The molecular weight excluding hydrogens is 245 g/mol. The van der Waals surface area contributed by atoms with Gasteiger partial charge in [0.1, 0.15) is 11.5 Å². The normalized spacial score (nSPS) is 12.6. The average Bonchev–Trinajstić information content (AvgIpc) is 2.84. The van der Waals surface area contributed by atoms with Crippen LogP contribution in [0.3, 0.4) is 0 Å². The summed E-state index contributed by atoms with van der Waals surface area (Å²) in [4.78, 5) is 0. The summed E-state index contributed by atoms with van der Waals surface area (Å²) < 4.78 is 13.3. The Labute approximate surface area is 102 Å². The second-order valence-corrected chi connectivity index (χ2v) is 3.97. The molecule has 0 radical (unpaired) electrons. The van der Waals surface area contributed by atoms with E-state index >= 15 is 0 Å². The third-order valence-corrected chi connectivity index (χ3v) is 2.72. The number of hydrogen-bond donors (Lipinski definition) is 3. The van der Waals surface area contributed by atoms with E-state index in [2.05, 4.69) is 20.8 Å². The van der Waals surface area contributed by atoms with Gasteiger partial charge in [-0.05, 0) is 24.1 Å². The number of aromatic amines is 1. The van der Waals surface area contributed by atoms with Gasteiger partial charge < -0.3 is 0 Å². The summed E-state index contributed by atoms with van der Waals surface area (Å²) >= 11 is 5.61. The van der Waals surface area contributed by atoms with E-state index in [9.17, 15) is 4.39 Å². The molecule has 4 N–H and O–H groups in total. The minimum absolute atomic E-state index is 0.104. The van der Waals surface area contributed by atoms with Gasteiger partial charge in [-0.15, -0.1) is 0 Å². The average molecular weight is 256 g/mol. The van der Waals surface area contributed by atoms with Gasteiger partial charge in [0.2, 0.25) is 0 Å². The van der Waals surface area contributed by atoms with Gasteiger partial charge in [0.05, 0.1) is 17.3 Å². The maximum absolute atomic E-state index is 13.3. The third-order valence-electron chi connectivity index (χ3n) is 2.42. The van der Waals surface area contributed by atoms with Crippen LogP contribution in [0.2, 0.25) is 5.02 Å². The molecule has 1 aromatic carbocycles. The molecule has 0 spiro atoms. The van der Waals surface area contributed by atoms with Crippen molar-refractivity contribution in [1.29, 1.82) is 0 Å². The Morgan fingerprint density at radius 3 is 2.94 bits per heavy atom. The molecule has 0 aliphatic carbocycles. The van der Waals surface area contributed by atoms with E-state index in [1.165, 1.54) is 12.1 Å². The largest absolute Gasteiger partial charge is 0.271 e. The van der Waals surface area contributed by atoms with Crippen LogP contribution in [-0.4, -0.2) is 15.4 Å². The van der Waals surface area contributed by atoms with Crippen molar-refractivity contribution in [3.05, 3.63) is 46.5 Å². The maximum atomic E-state index is 13.3. The lowest BCUT2D eigenvalue weighted by Crippen LogP contribution is -2.29. The van der Waals surface area contributed by atoms with Crippen molar-refractivity contribution in [2.75, 3.05) is 0 Å². The highest BCUT2D eigenvalue weighted by molar-refractivity contribution is 6.30. The monoisotopic (exact) mass is 255 g/mol. The van der Waals surface area contributed by atoms with Gasteiger partial charge in [0.25, 0.3) is 0 Å². The number of halogens is 2. The predicted molar refractivity (Wildman–Crippen MR) is 61.6 cm³/mol. The second kappa shape index (κ2) is 5.22. The number of aromatic nitrogens is 3. The number of nitrogens with two attached hydrogens (primary N) is 1. The molecule has 0 fully saturated rings. The minimum atomic E-state index is -0.444. The first kappa shape index (κ1) is 12.0. The van der Waals surface area contributed by atoms with Gasteiger partial charge in [0.15, 0.2) is 0 Å². The van der Waals surface area contributed by atoms with Crippen LogP contribution in [-0.2, 0) is 6.42 Å². The lowest BCUT2D eigenvalue weighted by molar-refractivity contribution is 0.534. The van der Waals surface area contributed by atoms with Crippen molar-refractivity contribution in [2.24, 2.45) is 5.84 Å². The van der Waals surface area contributed by atoms with Crippen LogP contribution in [0.1, 0.15) is 17.3 Å². The first-order chi connectivity index (χ1) is 8.20. The van der Waals surface area contributed by atoms with Crippen molar-refractivity contribution in [1.82, 2.24) is 20.8 Å². The minimum Gasteiger partial charge on any atom is -0.271 e. The highest BCUT2D eigenvalue weighted by atomic mass is 35.5. The third kappa shape index (κ3) is 2.79. The molecule has 90 valence electrons. The van der Waals surface area contributed by atoms with Crippen LogP contribution in [0, 0.1) is 5.82 Å². The SMILES string of the molecule is NNC(Cc1ccc(Cl)c(F)c1)c1cn[nH]n1. The molecule has 1 unspecified atom stereocenters. The number of benzene rings is 1. The summed E-state index contributed by atoms with van der Waals surface area (Å²) in [5.74, 6) is 4.98. The zero-order valence-corrected chi connectivity index (χ0v) is 9.58. The Bertz CT molecular complexity index is 487. The molecular formula is C10H11ClFN5. The fourth-order valence-corrected chi connectivity index (χ4v) is 1.65. The number of hydrazine groups is 1. The van der Waals surface area contributed by atoms with Crippen molar-refractivity contribution in [3.8, 4) is 0 Å². The van der Waals surface area contributed by atoms with Gasteiger partial charge in [0, 0.05) is 0 Å². The Balaban J connectivity index is 2.16. The molecule has 5 nitrogen and oxygen atoms in total. The fourth-order valence-electron chi connectivity index (χ4n) is 1.53. The Morgan fingerprint density at radius 1 is 1.53 bits per heavy atom. The quantitative estimate of drug-likeness (QED) is 0.569. The van der Waals surface area contributed by atoms with Gasteiger partial charge in [-0.1, -0.05) is 17.7 Å². The standard InChI is InChI=1S/C10H11ClFN5/c11-7-2-1-6(3-8(7)12)4-9(15-13)10-5-14-17-16-10/h1-3,5,9,15H,4,13H2,(H,14,16,17). The highest BCUT2D eigenvalue weighted by Crippen LogP contribution is 2.19. The fraction of sp³-hybridized carbons (Fsp3) is 0.200. The second-order valence-electron chi connectivity index (χ2n) is 3.57. The molecule has 0 aliphatic heterocycles. The van der Waals surface area contributed by atoms with E-state index in [-0.39, 0.29) is 11.1 Å². The van der Waals surface area contributed by atoms with Crippen molar-refractivity contribution in [2.45, 2.75) is 12.5 Å². The van der Waals surface area contributed by atoms with E-state index in [1.807, 2.05) is 0 Å². The van der Waals surface area contributed by atoms with Gasteiger partial charge in [-0.3, -0.25) is 11.3 Å². The topological polar surface area (TPSA) is 79.6 Å². The predicted octanol–water partition coefficient (Wildman–Crippen LogP) is 1.34. The zero-order chi connectivity index (χ0) is 12.3. The first-order valence-corrected chi connectivity index (χ1v) is 5.34. The number of rotatable bonds is 4. The smallest absolute Gasteiger partial charge is 0.142 e. The maximum Gasteiger partial charge on any atom is 0.142 e. The van der Waals surface area contributed by atoms with Gasteiger partial charge in [-0.2, -0.15) is 15.4 Å². The number of hydrogen-bond acceptors (Lipinski definition) is 4. The first-order valence-electron chi connectivity index (χ1n) is 4.96. The Kier molecular flexibility index (Phi) is 3.68. The molecule has 1 heterocycles. The van der Waals surface area contributed by atoms with Gasteiger partial charge in [-0.25, -0.2) is 4.39 Å². The van der Waals surface area contributed by atoms with Crippen LogP contribution < -0.4 is 11.3 Å². The molecule has 1 atom stereocenters. The van der Waals surface area contributed by atoms with E-state index in [1.54, 1.807) is 12.3 Å². The molecule has 2 aromatic rings. The summed E-state index contributed by atoms with van der Waals surface area (Å²) in [6.07, 6.45) is 2.06. The van der Waals surface area contributed by atoms with Crippen LogP contribution in [0.15, 0.2) is 24.4 Å². The summed E-state index contributed by atoms with van der Waals surface area (Å²) in [6, 6.07) is 4.42. The molecule has 0 saturated carbocycles. The molecule has 0 amide bonds. The molecule has 2 rings (SSSR count). The number of nitrogens with one attached hydrogen (secondary N) is 2. The number of H-pyrrole nitrogens is 1. The summed E-state index contributed by atoms with van der Waals surface area (Å²) in [5, 5.41) is 10.2. The highest BCUT2D eigenvalue weighted by Gasteiger charge is 2.14. The molecule has 17 heavy (non-hydrogen) atoms. The molecule has 0 saturated heterocycles. The summed E-state index contributed by atoms with van der Waals surface area (Å²) in [6.45, 7) is 0. The lowest BCUT2D eigenvalue weighted by atomic mass is 10.0. The van der Waals surface area contributed by atoms with Gasteiger partial charge >= 0.3 is 0 Å². The summed E-state index contributed by atoms with van der Waals surface area (Å²) in [5.41, 5.74) is 4.05. The van der Waals surface area contributed by atoms with Crippen molar-refractivity contribution in [3.63, 3.8) is 0 Å². The van der Waals surface area contributed by atoms with E-state index in [0.29, 0.717) is 12.1 Å². The van der Waals surface area contributed by atoms with Crippen LogP contribution >= 0.6 is 11.6 Å². The van der Waals surface area contributed by atoms with Crippen LogP contribution in [0.25, 0.3) is 0 Å². The van der Waals surface area contributed by atoms with Crippen molar-refractivity contribution < 1.29 is 4.39 Å².